The van der Waals surface area contributed by atoms with Crippen LogP contribution in [0.5, 0.6) is 0 Å². The average molecular weight is 871 g/mol. The maximum atomic E-state index is 14.2. The predicted octanol–water partition coefficient (Wildman–Crippen LogP) is 4.56. The van der Waals surface area contributed by atoms with Gasteiger partial charge in [-0.25, -0.2) is 9.78 Å². The van der Waals surface area contributed by atoms with Gasteiger partial charge in [-0.1, -0.05) is 48.2 Å². The summed E-state index contributed by atoms with van der Waals surface area (Å²) in [6.07, 6.45) is 2.37. The molecule has 4 heterocycles. The number of ether oxygens (including phenoxy) is 2. The van der Waals surface area contributed by atoms with Gasteiger partial charge >= 0.3 is 12.3 Å². The molecule has 3 aliphatic heterocycles. The summed E-state index contributed by atoms with van der Waals surface area (Å²) in [6.45, 7) is 5.53. The molecule has 0 radical (unpaired) electrons. The number of benzene rings is 2. The van der Waals surface area contributed by atoms with Crippen LogP contribution >= 0.6 is 0 Å². The van der Waals surface area contributed by atoms with Crippen LogP contribution in [0.3, 0.4) is 0 Å². The molecule has 4 fully saturated rings. The number of aliphatic imine (C=N–C) groups is 1. The van der Waals surface area contributed by atoms with Gasteiger partial charge in [0.2, 0.25) is 5.91 Å². The number of nitrogens with one attached hydrogen (secondary N) is 3. The van der Waals surface area contributed by atoms with Crippen LogP contribution in [-0.2, 0) is 27.2 Å². The van der Waals surface area contributed by atoms with Crippen molar-refractivity contribution in [2.45, 2.75) is 101 Å². The fourth-order valence-electron chi connectivity index (χ4n) is 8.29. The summed E-state index contributed by atoms with van der Waals surface area (Å²) in [5, 5.41) is 19.3. The number of halogens is 3. The number of amides is 2. The molecule has 2 aromatic carbocycles. The molecule has 16 heteroatoms. The van der Waals surface area contributed by atoms with Gasteiger partial charge in [-0.15, -0.1) is 0 Å². The van der Waals surface area contributed by atoms with Gasteiger partial charge < -0.3 is 41.2 Å². The average Bonchev–Trinajstić information content (AvgIpc) is 4.05. The number of hydrogen-bond acceptors (Lipinski definition) is 11. The number of hydrogen-bond donors (Lipinski definition) is 5. The van der Waals surface area contributed by atoms with E-state index in [9.17, 15) is 27.9 Å². The minimum Gasteiger partial charge on any atom is -0.453 e. The molecule has 2 bridgehead atoms. The molecule has 7 rings (SSSR count). The monoisotopic (exact) mass is 870 g/mol. The Hall–Kier alpha value is -5.47. The van der Waals surface area contributed by atoms with Gasteiger partial charge in [-0.2, -0.15) is 13.2 Å². The van der Waals surface area contributed by atoms with E-state index in [0.717, 1.165) is 88.2 Å². The number of nitrogens with zero attached hydrogens (tertiary/aromatic N) is 4. The quantitative estimate of drug-likeness (QED) is 0.102. The second kappa shape index (κ2) is 19.9. The zero-order valence-electron chi connectivity index (χ0n) is 35.9. The van der Waals surface area contributed by atoms with Crippen molar-refractivity contribution in [2.24, 2.45) is 16.1 Å². The largest absolute Gasteiger partial charge is 0.453 e. The van der Waals surface area contributed by atoms with Crippen molar-refractivity contribution in [3.8, 4) is 11.8 Å². The van der Waals surface area contributed by atoms with Gasteiger partial charge in [0.25, 0.3) is 0 Å². The molecular weight excluding hydrogens is 814 g/mol. The zero-order valence-corrected chi connectivity index (χ0v) is 35.9. The molecule has 1 aliphatic carbocycles. The SMILES string of the molecule is COC(=O)N[C@H](C(=O)N[C@@H](Cc1ccc(C#Cc2ccc(N3CC4CCC(C3)N4C3COC3)nc2)cc1)[C@@H](O)CNCc1ccc(C(C=NC2CC2)=CN)cc1)C(C)(C)C(F)(F)F. The summed E-state index contributed by atoms with van der Waals surface area (Å²) in [4.78, 5) is 40.1. The lowest BCUT2D eigenvalue weighted by Crippen LogP contribution is -2.62. The first-order chi connectivity index (χ1) is 30.2. The van der Waals surface area contributed by atoms with E-state index in [1.54, 1.807) is 36.7 Å². The molecule has 2 amide bonds. The number of piperazine rings is 1. The standard InChI is InChI=1S/C47H57F3N8O5/c1-46(2,47(48,49)50)43(56-45(61)62-3)44(60)55-40(41(59)25-52-22-32-10-13-34(14-11-32)35(21-51)24-53-36-15-16-36)20-31-7-4-30(5-8-31)6-9-33-12-19-42(54-23-33)57-26-37-17-18-38(27-57)58(37)39-28-63-29-39/h4-5,7-8,10-14,19,21,23-24,36-41,43,52,59H,15-18,20,22,25-29,51H2,1-3H3,(H,55,60)(H,56,61)/t37?,38?,40-,41-,43+/m0/s1. The second-order valence-corrected chi connectivity index (χ2v) is 17.4. The van der Waals surface area contributed by atoms with Crippen LogP contribution in [0.2, 0.25) is 0 Å². The summed E-state index contributed by atoms with van der Waals surface area (Å²) >= 11 is 0. The van der Waals surface area contributed by atoms with Crippen molar-refractivity contribution < 1.29 is 37.3 Å². The van der Waals surface area contributed by atoms with Crippen molar-refractivity contribution in [1.29, 1.82) is 0 Å². The van der Waals surface area contributed by atoms with Gasteiger partial charge in [0.05, 0.1) is 50.0 Å². The molecule has 13 nitrogen and oxygen atoms in total. The lowest BCUT2D eigenvalue weighted by molar-refractivity contribution is -0.220. The third-order valence-corrected chi connectivity index (χ3v) is 12.5. The Bertz CT molecular complexity index is 2150. The number of anilines is 1. The minimum absolute atomic E-state index is 0.0178. The highest BCUT2D eigenvalue weighted by Crippen LogP contribution is 2.41. The number of alkyl carbamates (subject to hydrolysis) is 1. The van der Waals surface area contributed by atoms with E-state index in [0.29, 0.717) is 41.8 Å². The van der Waals surface area contributed by atoms with E-state index >= 15 is 0 Å². The third kappa shape index (κ3) is 11.4. The summed E-state index contributed by atoms with van der Waals surface area (Å²) < 4.78 is 52.7. The first-order valence-electron chi connectivity index (χ1n) is 21.5. The van der Waals surface area contributed by atoms with Crippen molar-refractivity contribution in [3.05, 3.63) is 101 Å². The highest BCUT2D eigenvalue weighted by Gasteiger charge is 2.56. The number of carbonyl (C=O) groups is 2. The van der Waals surface area contributed by atoms with E-state index in [-0.39, 0.29) is 13.0 Å². The number of nitrogens with two attached hydrogens (primary N) is 1. The fraction of sp³-hybridized carbons (Fsp3) is 0.489. The predicted molar refractivity (Wildman–Crippen MR) is 235 cm³/mol. The topological polar surface area (TPSA) is 167 Å². The Balaban J connectivity index is 0.999. The molecular formula is C47H57F3N8O5. The lowest BCUT2D eigenvalue weighted by atomic mass is 9.82. The first kappa shape index (κ1) is 45.6. The number of methoxy groups -OCH3 is 1. The molecule has 63 heavy (non-hydrogen) atoms. The Morgan fingerprint density at radius 1 is 0.952 bits per heavy atom. The maximum absolute atomic E-state index is 14.2. The van der Waals surface area contributed by atoms with Gasteiger partial charge in [-0.3, -0.25) is 14.7 Å². The van der Waals surface area contributed by atoms with Gasteiger partial charge in [0.1, 0.15) is 11.9 Å². The molecule has 0 spiro atoms. The molecule has 3 aromatic rings. The van der Waals surface area contributed by atoms with Crippen molar-refractivity contribution in [2.75, 3.05) is 44.9 Å². The molecule has 4 aliphatic rings. The van der Waals surface area contributed by atoms with Gasteiger partial charge in [0, 0.05) is 73.6 Å². The van der Waals surface area contributed by atoms with E-state index < -0.39 is 41.8 Å². The number of pyridine rings is 1. The number of rotatable bonds is 16. The highest BCUT2D eigenvalue weighted by atomic mass is 19.4. The lowest BCUT2D eigenvalue weighted by Gasteiger charge is -2.47. The van der Waals surface area contributed by atoms with E-state index in [2.05, 4.69) is 47.3 Å². The molecule has 3 saturated heterocycles. The highest BCUT2D eigenvalue weighted by molar-refractivity contribution is 6.09. The Kier molecular flexibility index (Phi) is 14.4. The number of carbonyl (C=O) groups excluding carboxylic acids is 2. The van der Waals surface area contributed by atoms with Crippen molar-refractivity contribution in [3.63, 3.8) is 0 Å². The number of aliphatic hydroxyl groups excluding tert-OH is 1. The van der Waals surface area contributed by atoms with Gasteiger partial charge in [0.15, 0.2) is 0 Å². The summed E-state index contributed by atoms with van der Waals surface area (Å²) in [6, 6.07) is 17.7. The van der Waals surface area contributed by atoms with Crippen LogP contribution in [0.15, 0.2) is 78.1 Å². The summed E-state index contributed by atoms with van der Waals surface area (Å²) in [5.74, 6) is 6.15. The number of fused-ring (bicyclic) bond motifs is 2. The van der Waals surface area contributed by atoms with E-state index in [4.69, 9.17) is 15.5 Å². The number of allylic oxidation sites excluding steroid dienone is 1. The van der Waals surface area contributed by atoms with Crippen molar-refractivity contribution >= 4 is 29.6 Å². The molecule has 1 saturated carbocycles. The van der Waals surface area contributed by atoms with Crippen LogP contribution in [0.4, 0.5) is 23.8 Å². The van der Waals surface area contributed by atoms with Gasteiger partial charge in [-0.05, 0) is 86.9 Å². The minimum atomic E-state index is -4.87. The smallest absolute Gasteiger partial charge is 0.407 e. The van der Waals surface area contributed by atoms with Crippen LogP contribution in [0.1, 0.15) is 67.3 Å². The van der Waals surface area contributed by atoms with E-state index in [1.165, 1.54) is 19.0 Å². The number of alkyl halides is 3. The zero-order chi connectivity index (χ0) is 44.7. The summed E-state index contributed by atoms with van der Waals surface area (Å²) in [5.41, 5.74) is 7.92. The number of aromatic nitrogens is 1. The molecule has 1 aromatic heterocycles. The first-order valence-corrected chi connectivity index (χ1v) is 21.5. The van der Waals surface area contributed by atoms with Crippen molar-refractivity contribution in [1.82, 2.24) is 25.8 Å². The Labute approximate surface area is 366 Å². The summed E-state index contributed by atoms with van der Waals surface area (Å²) in [7, 11) is 0.993. The maximum Gasteiger partial charge on any atom is 0.407 e. The Morgan fingerprint density at radius 2 is 1.60 bits per heavy atom. The molecule has 6 N–H and O–H groups in total. The van der Waals surface area contributed by atoms with Crippen LogP contribution < -0.4 is 26.6 Å². The molecule has 2 unspecified atom stereocenters. The Morgan fingerprint density at radius 3 is 2.17 bits per heavy atom. The fourth-order valence-corrected chi connectivity index (χ4v) is 8.29. The van der Waals surface area contributed by atoms with E-state index in [1.807, 2.05) is 36.4 Å². The normalized spacial score (nSPS) is 20.9. The van der Waals surface area contributed by atoms with Crippen LogP contribution in [0, 0.1) is 17.3 Å². The second-order valence-electron chi connectivity index (χ2n) is 17.4. The third-order valence-electron chi connectivity index (χ3n) is 12.5. The molecule has 336 valence electrons. The number of aliphatic hydroxyl groups is 1. The molecule has 5 atom stereocenters. The van der Waals surface area contributed by atoms with Crippen LogP contribution in [0.25, 0.3) is 5.57 Å². The van der Waals surface area contributed by atoms with Crippen LogP contribution in [-0.4, -0.2) is 122 Å².